The molecule has 0 spiro atoms. The summed E-state index contributed by atoms with van der Waals surface area (Å²) in [5.74, 6) is 2.25. The maximum Gasteiger partial charge on any atom is 0.161 e. The molecular formula is C13H19NO2. The van der Waals surface area contributed by atoms with Crippen molar-refractivity contribution in [2.75, 3.05) is 20.8 Å². The molecule has 0 saturated heterocycles. The minimum Gasteiger partial charge on any atom is -0.493 e. The molecule has 1 aliphatic rings. The van der Waals surface area contributed by atoms with Gasteiger partial charge in [-0.3, -0.25) is 0 Å². The van der Waals surface area contributed by atoms with Crippen LogP contribution in [0.1, 0.15) is 29.9 Å². The van der Waals surface area contributed by atoms with Gasteiger partial charge < -0.3 is 15.2 Å². The van der Waals surface area contributed by atoms with Crippen molar-refractivity contribution in [3.8, 4) is 11.5 Å². The summed E-state index contributed by atoms with van der Waals surface area (Å²) in [6, 6.07) is 4.21. The molecule has 1 atom stereocenters. The van der Waals surface area contributed by atoms with Gasteiger partial charge in [0.2, 0.25) is 0 Å². The Morgan fingerprint density at radius 3 is 2.56 bits per heavy atom. The van der Waals surface area contributed by atoms with E-state index in [0.29, 0.717) is 5.92 Å². The minimum atomic E-state index is 0.597. The van der Waals surface area contributed by atoms with Crippen molar-refractivity contribution in [2.24, 2.45) is 5.73 Å². The summed E-state index contributed by atoms with van der Waals surface area (Å²) in [7, 11) is 3.35. The predicted octanol–water partition coefficient (Wildman–Crippen LogP) is 2.08. The normalized spacial score (nSPS) is 18.3. The zero-order valence-corrected chi connectivity index (χ0v) is 9.95. The van der Waals surface area contributed by atoms with Gasteiger partial charge in [0.1, 0.15) is 0 Å². The van der Waals surface area contributed by atoms with E-state index in [0.717, 1.165) is 30.9 Å². The molecule has 3 heteroatoms. The molecule has 0 bridgehead atoms. The largest absolute Gasteiger partial charge is 0.493 e. The van der Waals surface area contributed by atoms with Crippen molar-refractivity contribution in [1.29, 1.82) is 0 Å². The molecule has 0 fully saturated rings. The number of ether oxygens (including phenoxy) is 2. The monoisotopic (exact) mass is 221 g/mol. The number of aryl methyl sites for hydroxylation is 1. The van der Waals surface area contributed by atoms with Crippen LogP contribution < -0.4 is 15.2 Å². The lowest BCUT2D eigenvalue weighted by Crippen LogP contribution is -2.05. The van der Waals surface area contributed by atoms with Crippen molar-refractivity contribution in [3.05, 3.63) is 23.3 Å². The number of methoxy groups -OCH3 is 2. The fraction of sp³-hybridized carbons (Fsp3) is 0.538. The Bertz CT molecular complexity index is 376. The Morgan fingerprint density at radius 2 is 1.94 bits per heavy atom. The van der Waals surface area contributed by atoms with Crippen LogP contribution >= 0.6 is 0 Å². The molecule has 1 aromatic carbocycles. The topological polar surface area (TPSA) is 44.5 Å². The number of rotatable bonds is 4. The van der Waals surface area contributed by atoms with Crippen LogP contribution in [0.15, 0.2) is 12.1 Å². The summed E-state index contributed by atoms with van der Waals surface area (Å²) in [6.45, 7) is 0.748. The Labute approximate surface area is 96.5 Å². The third-order valence-electron chi connectivity index (χ3n) is 3.36. The van der Waals surface area contributed by atoms with E-state index in [9.17, 15) is 0 Å². The standard InChI is InChI=1S/C13H19NO2/c1-15-12-7-10-4-3-9(5-6-14)11(10)8-13(12)16-2/h7-9H,3-6,14H2,1-2H3. The van der Waals surface area contributed by atoms with Crippen LogP contribution in [0.25, 0.3) is 0 Å². The highest BCUT2D eigenvalue weighted by Crippen LogP contribution is 2.41. The highest BCUT2D eigenvalue weighted by atomic mass is 16.5. The molecule has 0 heterocycles. The number of hydrogen-bond acceptors (Lipinski definition) is 3. The van der Waals surface area contributed by atoms with Crippen LogP contribution in [0.4, 0.5) is 0 Å². The van der Waals surface area contributed by atoms with E-state index in [-0.39, 0.29) is 0 Å². The lowest BCUT2D eigenvalue weighted by atomic mass is 9.97. The summed E-state index contributed by atoms with van der Waals surface area (Å²) in [5, 5.41) is 0. The van der Waals surface area contributed by atoms with Gasteiger partial charge in [0.25, 0.3) is 0 Å². The number of fused-ring (bicyclic) bond motifs is 1. The lowest BCUT2D eigenvalue weighted by Gasteiger charge is -2.13. The lowest BCUT2D eigenvalue weighted by molar-refractivity contribution is 0.354. The third kappa shape index (κ3) is 1.87. The second-order valence-corrected chi connectivity index (χ2v) is 4.22. The van der Waals surface area contributed by atoms with Gasteiger partial charge in [0.05, 0.1) is 14.2 Å². The first-order chi connectivity index (χ1) is 7.80. The minimum absolute atomic E-state index is 0.597. The van der Waals surface area contributed by atoms with Crippen molar-refractivity contribution in [2.45, 2.75) is 25.2 Å². The number of benzene rings is 1. The van der Waals surface area contributed by atoms with Crippen molar-refractivity contribution >= 4 is 0 Å². The predicted molar refractivity (Wildman–Crippen MR) is 64.3 cm³/mol. The average Bonchev–Trinajstić information content (AvgIpc) is 2.70. The van der Waals surface area contributed by atoms with Crippen LogP contribution in [-0.2, 0) is 6.42 Å². The van der Waals surface area contributed by atoms with Crippen molar-refractivity contribution in [3.63, 3.8) is 0 Å². The first kappa shape index (κ1) is 11.3. The quantitative estimate of drug-likeness (QED) is 0.846. The van der Waals surface area contributed by atoms with Crippen molar-refractivity contribution < 1.29 is 9.47 Å². The smallest absolute Gasteiger partial charge is 0.161 e. The Morgan fingerprint density at radius 1 is 1.25 bits per heavy atom. The zero-order valence-electron chi connectivity index (χ0n) is 9.95. The van der Waals surface area contributed by atoms with Gasteiger partial charge in [-0.2, -0.15) is 0 Å². The molecule has 88 valence electrons. The maximum atomic E-state index is 5.64. The van der Waals surface area contributed by atoms with E-state index in [1.165, 1.54) is 17.5 Å². The molecule has 0 aromatic heterocycles. The van der Waals surface area contributed by atoms with E-state index >= 15 is 0 Å². The molecule has 1 unspecified atom stereocenters. The van der Waals surface area contributed by atoms with E-state index in [1.54, 1.807) is 14.2 Å². The van der Waals surface area contributed by atoms with Gasteiger partial charge in [-0.15, -0.1) is 0 Å². The molecule has 0 radical (unpaired) electrons. The van der Waals surface area contributed by atoms with E-state index in [1.807, 2.05) is 0 Å². The van der Waals surface area contributed by atoms with Crippen molar-refractivity contribution in [1.82, 2.24) is 0 Å². The highest BCUT2D eigenvalue weighted by Gasteiger charge is 2.24. The molecule has 16 heavy (non-hydrogen) atoms. The fourth-order valence-corrected chi connectivity index (χ4v) is 2.52. The molecule has 2 rings (SSSR count). The Hall–Kier alpha value is -1.22. The zero-order chi connectivity index (χ0) is 11.5. The van der Waals surface area contributed by atoms with Gasteiger partial charge in [-0.05, 0) is 55.0 Å². The molecule has 0 aliphatic heterocycles. The summed E-state index contributed by atoms with van der Waals surface area (Å²) in [5.41, 5.74) is 8.41. The molecule has 0 saturated carbocycles. The van der Waals surface area contributed by atoms with Gasteiger partial charge >= 0.3 is 0 Å². The van der Waals surface area contributed by atoms with Crippen LogP contribution in [0, 0.1) is 0 Å². The second-order valence-electron chi connectivity index (χ2n) is 4.22. The third-order valence-corrected chi connectivity index (χ3v) is 3.36. The fourth-order valence-electron chi connectivity index (χ4n) is 2.52. The highest BCUT2D eigenvalue weighted by molar-refractivity contribution is 5.50. The van der Waals surface area contributed by atoms with Crippen LogP contribution in [-0.4, -0.2) is 20.8 Å². The molecule has 2 N–H and O–H groups in total. The van der Waals surface area contributed by atoms with Gasteiger partial charge in [-0.1, -0.05) is 0 Å². The van der Waals surface area contributed by atoms with E-state index < -0.39 is 0 Å². The molecule has 0 amide bonds. The Kier molecular flexibility index (Phi) is 3.34. The van der Waals surface area contributed by atoms with E-state index in [2.05, 4.69) is 12.1 Å². The molecule has 1 aromatic rings. The van der Waals surface area contributed by atoms with Gasteiger partial charge in [0, 0.05) is 0 Å². The average molecular weight is 221 g/mol. The Balaban J connectivity index is 2.36. The van der Waals surface area contributed by atoms with E-state index in [4.69, 9.17) is 15.2 Å². The molecule has 1 aliphatic carbocycles. The van der Waals surface area contributed by atoms with Gasteiger partial charge in [-0.25, -0.2) is 0 Å². The molecule has 3 nitrogen and oxygen atoms in total. The summed E-state index contributed by atoms with van der Waals surface area (Å²) >= 11 is 0. The summed E-state index contributed by atoms with van der Waals surface area (Å²) in [6.07, 6.45) is 3.38. The van der Waals surface area contributed by atoms with Gasteiger partial charge in [0.15, 0.2) is 11.5 Å². The summed E-state index contributed by atoms with van der Waals surface area (Å²) in [4.78, 5) is 0. The molecular weight excluding hydrogens is 202 g/mol. The second kappa shape index (κ2) is 4.74. The number of hydrogen-bond donors (Lipinski definition) is 1. The number of nitrogens with two attached hydrogens (primary N) is 1. The first-order valence-corrected chi connectivity index (χ1v) is 5.75. The van der Waals surface area contributed by atoms with Crippen LogP contribution in [0.3, 0.4) is 0 Å². The summed E-state index contributed by atoms with van der Waals surface area (Å²) < 4.78 is 10.6. The SMILES string of the molecule is COc1cc2c(cc1OC)C(CCN)CC2. The maximum absolute atomic E-state index is 5.64. The first-order valence-electron chi connectivity index (χ1n) is 5.75. The van der Waals surface area contributed by atoms with Crippen LogP contribution in [0.5, 0.6) is 11.5 Å². The van der Waals surface area contributed by atoms with Crippen LogP contribution in [0.2, 0.25) is 0 Å².